The zero-order valence-electron chi connectivity index (χ0n) is 10.7. The average Bonchev–Trinajstić information content (AvgIpc) is 2.94. The largest absolute Gasteiger partial charge is 0.464 e. The molecule has 2 atom stereocenters. The molecule has 0 unspecified atom stereocenters. The van der Waals surface area contributed by atoms with Crippen LogP contribution in [0.4, 0.5) is 0 Å². The second-order valence-corrected chi connectivity index (χ2v) is 5.21. The number of rotatable bonds is 5. The van der Waals surface area contributed by atoms with Crippen molar-refractivity contribution in [2.75, 3.05) is 0 Å². The highest BCUT2D eigenvalue weighted by Gasteiger charge is 2.36. The molecule has 18 heavy (non-hydrogen) atoms. The Morgan fingerprint density at radius 2 is 1.89 bits per heavy atom. The van der Waals surface area contributed by atoms with Gasteiger partial charge in [0.2, 0.25) is 0 Å². The number of nitrogens with one attached hydrogen (secondary N) is 1. The lowest BCUT2D eigenvalue weighted by atomic mass is 10.2. The van der Waals surface area contributed by atoms with E-state index in [1.807, 2.05) is 6.07 Å². The summed E-state index contributed by atoms with van der Waals surface area (Å²) in [6.45, 7) is 3.97. The van der Waals surface area contributed by atoms with Crippen LogP contribution in [0.25, 0.3) is 0 Å². The van der Waals surface area contributed by atoms with Gasteiger partial charge in [0.1, 0.15) is 11.5 Å². The summed E-state index contributed by atoms with van der Waals surface area (Å²) >= 11 is 0. The average molecular weight is 241 g/mol. The van der Waals surface area contributed by atoms with Gasteiger partial charge in [0.25, 0.3) is 0 Å². The molecule has 1 aliphatic carbocycles. The summed E-state index contributed by atoms with van der Waals surface area (Å²) < 4.78 is 5.85. The van der Waals surface area contributed by atoms with Gasteiger partial charge in [-0.1, -0.05) is 37.3 Å². The van der Waals surface area contributed by atoms with Gasteiger partial charge in [-0.25, -0.2) is 0 Å². The van der Waals surface area contributed by atoms with Crippen molar-refractivity contribution in [3.05, 3.63) is 59.5 Å². The van der Waals surface area contributed by atoms with Gasteiger partial charge >= 0.3 is 0 Å². The van der Waals surface area contributed by atoms with Crippen LogP contribution in [0.3, 0.4) is 0 Å². The van der Waals surface area contributed by atoms with Crippen LogP contribution in [-0.4, -0.2) is 0 Å². The van der Waals surface area contributed by atoms with E-state index >= 15 is 0 Å². The van der Waals surface area contributed by atoms with E-state index in [4.69, 9.17) is 4.42 Å². The van der Waals surface area contributed by atoms with E-state index in [2.05, 4.69) is 48.6 Å². The number of furan rings is 1. The molecule has 0 amide bonds. The number of hydrogen-bond donors (Lipinski definition) is 1. The maximum absolute atomic E-state index is 5.85. The Morgan fingerprint density at radius 3 is 2.61 bits per heavy atom. The van der Waals surface area contributed by atoms with Crippen LogP contribution in [-0.2, 0) is 13.1 Å². The van der Waals surface area contributed by atoms with Crippen molar-refractivity contribution in [2.45, 2.75) is 32.4 Å². The van der Waals surface area contributed by atoms with Gasteiger partial charge in [-0.05, 0) is 30.0 Å². The van der Waals surface area contributed by atoms with Crippen LogP contribution < -0.4 is 5.32 Å². The lowest BCUT2D eigenvalue weighted by molar-refractivity contribution is 0.444. The van der Waals surface area contributed by atoms with Gasteiger partial charge in [-0.3, -0.25) is 0 Å². The molecule has 0 radical (unpaired) electrons. The van der Waals surface area contributed by atoms with Gasteiger partial charge in [0.15, 0.2) is 0 Å². The van der Waals surface area contributed by atoms with Crippen LogP contribution in [0.15, 0.2) is 46.9 Å². The number of hydrogen-bond acceptors (Lipinski definition) is 2. The van der Waals surface area contributed by atoms with Crippen LogP contribution in [0, 0.1) is 5.92 Å². The molecule has 0 bridgehead atoms. The highest BCUT2D eigenvalue weighted by molar-refractivity contribution is 5.18. The summed E-state index contributed by atoms with van der Waals surface area (Å²) in [4.78, 5) is 0. The van der Waals surface area contributed by atoms with Crippen molar-refractivity contribution in [3.8, 4) is 0 Å². The van der Waals surface area contributed by atoms with Crippen LogP contribution in [0.2, 0.25) is 0 Å². The molecule has 0 spiro atoms. The summed E-state index contributed by atoms with van der Waals surface area (Å²) in [5.74, 6) is 3.69. The third kappa shape index (κ3) is 2.65. The van der Waals surface area contributed by atoms with E-state index in [0.29, 0.717) is 5.92 Å². The summed E-state index contributed by atoms with van der Waals surface area (Å²) in [5, 5.41) is 3.41. The monoisotopic (exact) mass is 241 g/mol. The standard InChI is InChI=1S/C16H19NO/c1-12-9-15(12)16-8-7-14(18-16)11-17-10-13-5-3-2-4-6-13/h2-8,12,15,17H,9-11H2,1H3/t12-,15+/m0/s1. The lowest BCUT2D eigenvalue weighted by Crippen LogP contribution is -2.11. The van der Waals surface area contributed by atoms with E-state index in [1.165, 1.54) is 17.7 Å². The van der Waals surface area contributed by atoms with Crippen LogP contribution in [0.1, 0.15) is 36.3 Å². The SMILES string of the molecule is C[C@H]1C[C@H]1c1ccc(CNCc2ccccc2)o1. The highest BCUT2D eigenvalue weighted by Crippen LogP contribution is 2.47. The first kappa shape index (κ1) is 11.5. The Kier molecular flexibility index (Phi) is 3.20. The maximum Gasteiger partial charge on any atom is 0.117 e. The van der Waals surface area contributed by atoms with Gasteiger partial charge < -0.3 is 9.73 Å². The van der Waals surface area contributed by atoms with Crippen LogP contribution in [0.5, 0.6) is 0 Å². The Bertz CT molecular complexity index is 503. The second-order valence-electron chi connectivity index (χ2n) is 5.21. The smallest absolute Gasteiger partial charge is 0.117 e. The van der Waals surface area contributed by atoms with Crippen molar-refractivity contribution in [3.63, 3.8) is 0 Å². The van der Waals surface area contributed by atoms with Crippen molar-refractivity contribution in [1.29, 1.82) is 0 Å². The molecule has 0 aliphatic heterocycles. The van der Waals surface area contributed by atoms with Gasteiger partial charge in [0, 0.05) is 12.5 Å². The molecule has 1 saturated carbocycles. The molecular formula is C16H19NO. The fourth-order valence-corrected chi connectivity index (χ4v) is 2.33. The van der Waals surface area contributed by atoms with Gasteiger partial charge in [0.05, 0.1) is 6.54 Å². The Morgan fingerprint density at radius 1 is 1.11 bits per heavy atom. The molecule has 2 nitrogen and oxygen atoms in total. The molecule has 1 aliphatic rings. The third-order valence-electron chi connectivity index (χ3n) is 3.63. The predicted molar refractivity (Wildman–Crippen MR) is 72.2 cm³/mol. The first-order valence-corrected chi connectivity index (χ1v) is 6.66. The minimum absolute atomic E-state index is 0.674. The minimum atomic E-state index is 0.674. The molecular weight excluding hydrogens is 222 g/mol. The Labute approximate surface area is 108 Å². The molecule has 2 aromatic rings. The number of benzene rings is 1. The topological polar surface area (TPSA) is 25.2 Å². The van der Waals surface area contributed by atoms with Gasteiger partial charge in [-0.15, -0.1) is 0 Å². The van der Waals surface area contributed by atoms with E-state index < -0.39 is 0 Å². The summed E-state index contributed by atoms with van der Waals surface area (Å²) in [7, 11) is 0. The zero-order valence-corrected chi connectivity index (χ0v) is 10.7. The van der Waals surface area contributed by atoms with E-state index in [0.717, 1.165) is 24.8 Å². The van der Waals surface area contributed by atoms with E-state index in [-0.39, 0.29) is 0 Å². The first-order chi connectivity index (χ1) is 8.83. The zero-order chi connectivity index (χ0) is 12.4. The van der Waals surface area contributed by atoms with Crippen molar-refractivity contribution >= 4 is 0 Å². The second kappa shape index (κ2) is 4.99. The molecule has 2 heteroatoms. The molecule has 1 aromatic carbocycles. The van der Waals surface area contributed by atoms with Crippen molar-refractivity contribution in [1.82, 2.24) is 5.32 Å². The summed E-state index contributed by atoms with van der Waals surface area (Å²) in [6, 6.07) is 14.7. The lowest BCUT2D eigenvalue weighted by Gasteiger charge is -2.02. The van der Waals surface area contributed by atoms with E-state index in [1.54, 1.807) is 0 Å². The molecule has 1 aromatic heterocycles. The Hall–Kier alpha value is -1.54. The Balaban J connectivity index is 1.50. The fourth-order valence-electron chi connectivity index (χ4n) is 2.33. The first-order valence-electron chi connectivity index (χ1n) is 6.66. The molecule has 0 saturated heterocycles. The quantitative estimate of drug-likeness (QED) is 0.863. The van der Waals surface area contributed by atoms with Gasteiger partial charge in [-0.2, -0.15) is 0 Å². The molecule has 94 valence electrons. The minimum Gasteiger partial charge on any atom is -0.464 e. The highest BCUT2D eigenvalue weighted by atomic mass is 16.3. The maximum atomic E-state index is 5.85. The van der Waals surface area contributed by atoms with Crippen molar-refractivity contribution in [2.24, 2.45) is 5.92 Å². The fraction of sp³-hybridized carbons (Fsp3) is 0.375. The van der Waals surface area contributed by atoms with Crippen LogP contribution >= 0.6 is 0 Å². The molecule has 1 fully saturated rings. The summed E-state index contributed by atoms with van der Waals surface area (Å²) in [5.41, 5.74) is 1.31. The molecule has 1 heterocycles. The van der Waals surface area contributed by atoms with Crippen molar-refractivity contribution < 1.29 is 4.42 Å². The molecule has 3 rings (SSSR count). The summed E-state index contributed by atoms with van der Waals surface area (Å²) in [6.07, 6.45) is 1.28. The third-order valence-corrected chi connectivity index (χ3v) is 3.63. The predicted octanol–water partition coefficient (Wildman–Crippen LogP) is 3.69. The normalized spacial score (nSPS) is 22.1. The van der Waals surface area contributed by atoms with E-state index in [9.17, 15) is 0 Å². The molecule has 1 N–H and O–H groups in total.